The second-order valence-electron chi connectivity index (χ2n) is 0.520. The standard InChI is InChI=1S/C2H5Cl.HO3P/c1-2-3;1-4(2)3/h2H2,1H3;(H-,1,2,3)/p+1. The van der Waals surface area contributed by atoms with Crippen molar-refractivity contribution in [3.8, 4) is 0 Å². The van der Waals surface area contributed by atoms with Crippen LogP contribution in [-0.2, 0) is 4.57 Å². The Balaban J connectivity index is 0. The van der Waals surface area contributed by atoms with E-state index in [4.69, 9.17) is 26.0 Å². The maximum Gasteiger partial charge on any atom is 0.692 e. The lowest BCUT2D eigenvalue weighted by atomic mass is 11.0. The number of hydrogen-bond donors (Lipinski definition) is 2. The molecule has 0 saturated carbocycles. The van der Waals surface area contributed by atoms with Crippen LogP contribution in [0.3, 0.4) is 0 Å². The molecule has 0 heterocycles. The first-order chi connectivity index (χ1) is 3.15. The summed E-state index contributed by atoms with van der Waals surface area (Å²) in [6, 6.07) is 0. The highest BCUT2D eigenvalue weighted by atomic mass is 35.5. The van der Waals surface area contributed by atoms with Crippen LogP contribution < -0.4 is 0 Å². The minimum atomic E-state index is -2.87. The molecule has 0 atom stereocenters. The second kappa shape index (κ2) is 9.58. The van der Waals surface area contributed by atoms with Gasteiger partial charge in [-0.1, -0.05) is 6.92 Å². The summed E-state index contributed by atoms with van der Waals surface area (Å²) in [7, 11) is -2.87. The maximum absolute atomic E-state index is 8.70. The summed E-state index contributed by atoms with van der Waals surface area (Å²) in [5.74, 6) is 0.722. The molecule has 0 bridgehead atoms. The zero-order chi connectivity index (χ0) is 6.28. The van der Waals surface area contributed by atoms with Gasteiger partial charge in [-0.05, 0) is 0 Å². The van der Waals surface area contributed by atoms with Gasteiger partial charge < -0.3 is 0 Å². The fraction of sp³-hybridized carbons (Fsp3) is 1.00. The lowest BCUT2D eigenvalue weighted by molar-refractivity contribution is 0.405. The smallest absolute Gasteiger partial charge is 0.134 e. The summed E-state index contributed by atoms with van der Waals surface area (Å²) in [4.78, 5) is 14.2. The Morgan fingerprint density at radius 2 is 1.71 bits per heavy atom. The van der Waals surface area contributed by atoms with Gasteiger partial charge in [0.1, 0.15) is 0 Å². The van der Waals surface area contributed by atoms with Crippen molar-refractivity contribution in [3.05, 3.63) is 0 Å². The molecule has 0 amide bonds. The van der Waals surface area contributed by atoms with E-state index in [1.54, 1.807) is 0 Å². The van der Waals surface area contributed by atoms with Crippen LogP contribution in [0.25, 0.3) is 0 Å². The van der Waals surface area contributed by atoms with E-state index in [0.717, 1.165) is 5.88 Å². The first-order valence-corrected chi connectivity index (χ1v) is 3.26. The molecular weight excluding hydrogens is 138 g/mol. The largest absolute Gasteiger partial charge is 0.692 e. The fourth-order valence-corrected chi connectivity index (χ4v) is 0. The molecule has 0 fully saturated rings. The number of halogens is 1. The molecule has 0 aliphatic carbocycles. The summed E-state index contributed by atoms with van der Waals surface area (Å²) < 4.78 is 8.70. The van der Waals surface area contributed by atoms with Crippen LogP contribution in [0.5, 0.6) is 0 Å². The van der Waals surface area contributed by atoms with E-state index in [2.05, 4.69) is 0 Å². The normalized spacial score (nSPS) is 6.29. The SMILES string of the molecule is CCCl.O=[P+](O)O. The molecule has 0 aromatic heterocycles. The van der Waals surface area contributed by atoms with Gasteiger partial charge >= 0.3 is 8.25 Å². The van der Waals surface area contributed by atoms with Crippen LogP contribution in [0, 0.1) is 0 Å². The van der Waals surface area contributed by atoms with Gasteiger partial charge in [0, 0.05) is 10.4 Å². The zero-order valence-electron chi connectivity index (χ0n) is 3.83. The predicted molar refractivity (Wildman–Crippen MR) is 28.4 cm³/mol. The molecule has 0 spiro atoms. The molecule has 3 nitrogen and oxygen atoms in total. The van der Waals surface area contributed by atoms with E-state index >= 15 is 0 Å². The number of hydrogen-bond acceptors (Lipinski definition) is 1. The van der Waals surface area contributed by atoms with Crippen LogP contribution in [-0.4, -0.2) is 15.7 Å². The quantitative estimate of drug-likeness (QED) is 0.393. The van der Waals surface area contributed by atoms with Crippen molar-refractivity contribution in [3.63, 3.8) is 0 Å². The lowest BCUT2D eigenvalue weighted by Gasteiger charge is -1.45. The Kier molecular flexibility index (Phi) is 14.1. The lowest BCUT2D eigenvalue weighted by Crippen LogP contribution is -1.38. The topological polar surface area (TPSA) is 57.5 Å². The van der Waals surface area contributed by atoms with Crippen molar-refractivity contribution < 1.29 is 14.4 Å². The Morgan fingerprint density at radius 1 is 1.71 bits per heavy atom. The highest BCUT2D eigenvalue weighted by molar-refractivity contribution is 7.30. The molecule has 0 aliphatic heterocycles. The molecular formula is C2H7ClO3P+. The Bertz CT molecular complexity index is 44.2. The van der Waals surface area contributed by atoms with Crippen LogP contribution >= 0.6 is 19.9 Å². The third-order valence-electron chi connectivity index (χ3n) is 0. The molecule has 2 N–H and O–H groups in total. The van der Waals surface area contributed by atoms with Gasteiger partial charge in [0.2, 0.25) is 0 Å². The summed E-state index contributed by atoms with van der Waals surface area (Å²) in [6.07, 6.45) is 0. The van der Waals surface area contributed by atoms with Crippen molar-refractivity contribution in [1.29, 1.82) is 0 Å². The summed E-state index contributed by atoms with van der Waals surface area (Å²) in [5.41, 5.74) is 0. The van der Waals surface area contributed by atoms with Crippen LogP contribution in [0.4, 0.5) is 0 Å². The third-order valence-corrected chi connectivity index (χ3v) is 0. The van der Waals surface area contributed by atoms with Gasteiger partial charge in [-0.15, -0.1) is 21.4 Å². The highest BCUT2D eigenvalue weighted by Crippen LogP contribution is 1.98. The molecule has 0 radical (unpaired) electrons. The van der Waals surface area contributed by atoms with Crippen molar-refractivity contribution in [2.24, 2.45) is 0 Å². The van der Waals surface area contributed by atoms with Crippen LogP contribution in [0.15, 0.2) is 0 Å². The average molecular weight is 146 g/mol. The Labute approximate surface area is 47.9 Å². The molecule has 0 aliphatic rings. The molecule has 0 unspecified atom stereocenters. The molecule has 0 saturated heterocycles. The maximum atomic E-state index is 8.70. The second-order valence-corrected chi connectivity index (χ2v) is 1.56. The van der Waals surface area contributed by atoms with E-state index in [9.17, 15) is 0 Å². The van der Waals surface area contributed by atoms with Crippen LogP contribution in [0.1, 0.15) is 6.92 Å². The van der Waals surface area contributed by atoms with Crippen molar-refractivity contribution in [2.75, 3.05) is 5.88 Å². The number of rotatable bonds is 0. The Hall–Kier alpha value is 0.310. The molecule has 0 aromatic rings. The average Bonchev–Trinajstić information content (AvgIpc) is 1.33. The summed E-state index contributed by atoms with van der Waals surface area (Å²) in [5, 5.41) is 0. The molecule has 0 rings (SSSR count). The minimum absolute atomic E-state index is 0.722. The van der Waals surface area contributed by atoms with Gasteiger partial charge in [0.05, 0.1) is 0 Å². The van der Waals surface area contributed by atoms with Crippen molar-refractivity contribution >= 4 is 19.9 Å². The van der Waals surface area contributed by atoms with Gasteiger partial charge in [0.15, 0.2) is 0 Å². The van der Waals surface area contributed by atoms with E-state index in [1.807, 2.05) is 6.92 Å². The summed E-state index contributed by atoms with van der Waals surface area (Å²) >= 11 is 5.00. The van der Waals surface area contributed by atoms with Gasteiger partial charge in [-0.3, -0.25) is 0 Å². The van der Waals surface area contributed by atoms with E-state index in [1.165, 1.54) is 0 Å². The Morgan fingerprint density at radius 3 is 1.71 bits per heavy atom. The van der Waals surface area contributed by atoms with Crippen molar-refractivity contribution in [1.82, 2.24) is 0 Å². The third kappa shape index (κ3) is 1220. The van der Waals surface area contributed by atoms with Crippen molar-refractivity contribution in [2.45, 2.75) is 6.92 Å². The minimum Gasteiger partial charge on any atom is -0.134 e. The molecule has 7 heavy (non-hydrogen) atoms. The van der Waals surface area contributed by atoms with Gasteiger partial charge in [-0.25, -0.2) is 0 Å². The fourth-order valence-electron chi connectivity index (χ4n) is 0. The van der Waals surface area contributed by atoms with E-state index in [0.29, 0.717) is 0 Å². The predicted octanol–water partition coefficient (Wildman–Crippen LogP) is 0.874. The first-order valence-electron chi connectivity index (χ1n) is 1.56. The highest BCUT2D eigenvalue weighted by Gasteiger charge is 1.93. The number of alkyl halides is 1. The van der Waals surface area contributed by atoms with Crippen LogP contribution in [0.2, 0.25) is 0 Å². The first kappa shape index (κ1) is 10.3. The van der Waals surface area contributed by atoms with E-state index in [-0.39, 0.29) is 0 Å². The molecule has 44 valence electrons. The monoisotopic (exact) mass is 145 g/mol. The van der Waals surface area contributed by atoms with Gasteiger partial charge in [0.25, 0.3) is 0 Å². The van der Waals surface area contributed by atoms with Gasteiger partial charge in [-0.2, -0.15) is 0 Å². The summed E-state index contributed by atoms with van der Waals surface area (Å²) in [6.45, 7) is 1.89. The van der Waals surface area contributed by atoms with E-state index < -0.39 is 8.25 Å². The molecule has 0 aromatic carbocycles. The zero-order valence-corrected chi connectivity index (χ0v) is 5.49. The molecule has 5 heteroatoms.